The van der Waals surface area contributed by atoms with Crippen molar-refractivity contribution in [3.63, 3.8) is 0 Å². The second-order valence-corrected chi connectivity index (χ2v) is 5.64. The van der Waals surface area contributed by atoms with Crippen LogP contribution in [0.25, 0.3) is 0 Å². The Morgan fingerprint density at radius 1 is 1.60 bits per heavy atom. The average Bonchev–Trinajstić information content (AvgIpc) is 2.49. The summed E-state index contributed by atoms with van der Waals surface area (Å²) in [5.41, 5.74) is 3.05. The maximum absolute atomic E-state index is 3.54. The van der Waals surface area contributed by atoms with E-state index in [-0.39, 0.29) is 0 Å². The molecular weight excluding hydrogens is 272 g/mol. The first-order valence-corrected chi connectivity index (χ1v) is 6.75. The standard InChI is InChI=1S/C11H15BrN2S/c1-8(9-5-14-6-9)4-13-7-11-10(12)2-3-15-11/h2-3,13-14H,4-7H2,1H3. The van der Waals surface area contributed by atoms with E-state index in [2.05, 4.69) is 44.9 Å². The molecule has 2 N–H and O–H groups in total. The molecule has 1 fully saturated rings. The van der Waals surface area contributed by atoms with Crippen LogP contribution in [0.15, 0.2) is 27.1 Å². The third kappa shape index (κ3) is 2.91. The Morgan fingerprint density at radius 3 is 2.93 bits per heavy atom. The van der Waals surface area contributed by atoms with Gasteiger partial charge < -0.3 is 10.6 Å². The molecular formula is C11H15BrN2S. The monoisotopic (exact) mass is 286 g/mol. The van der Waals surface area contributed by atoms with Crippen LogP contribution in [0, 0.1) is 0 Å². The minimum Gasteiger partial charge on any atom is -0.309 e. The smallest absolute Gasteiger partial charge is 0.0327 e. The first-order valence-electron chi connectivity index (χ1n) is 5.08. The van der Waals surface area contributed by atoms with Crippen LogP contribution in [0.2, 0.25) is 0 Å². The highest BCUT2D eigenvalue weighted by Gasteiger charge is 2.10. The van der Waals surface area contributed by atoms with E-state index in [1.54, 1.807) is 16.9 Å². The van der Waals surface area contributed by atoms with Gasteiger partial charge in [-0.05, 0) is 39.9 Å². The molecule has 2 heterocycles. The summed E-state index contributed by atoms with van der Waals surface area (Å²) in [5, 5.41) is 8.85. The van der Waals surface area contributed by atoms with Gasteiger partial charge in [-0.3, -0.25) is 0 Å². The average molecular weight is 287 g/mol. The molecule has 2 rings (SSSR count). The molecule has 1 aromatic heterocycles. The van der Waals surface area contributed by atoms with E-state index in [0.717, 1.165) is 26.2 Å². The molecule has 0 atom stereocenters. The largest absolute Gasteiger partial charge is 0.309 e. The van der Waals surface area contributed by atoms with E-state index in [1.807, 2.05) is 0 Å². The third-order valence-electron chi connectivity index (χ3n) is 2.65. The summed E-state index contributed by atoms with van der Waals surface area (Å²) in [4.78, 5) is 1.37. The van der Waals surface area contributed by atoms with E-state index >= 15 is 0 Å². The molecule has 0 bridgehead atoms. The number of thiophene rings is 1. The molecule has 82 valence electrons. The normalized spacial score (nSPS) is 15.2. The number of halogens is 1. The van der Waals surface area contributed by atoms with Crippen molar-refractivity contribution in [3.8, 4) is 0 Å². The van der Waals surface area contributed by atoms with Crippen molar-refractivity contribution in [3.05, 3.63) is 31.9 Å². The summed E-state index contributed by atoms with van der Waals surface area (Å²) in [6.45, 7) is 6.33. The zero-order valence-corrected chi connectivity index (χ0v) is 11.2. The Hall–Kier alpha value is -0.160. The molecule has 2 nitrogen and oxygen atoms in total. The molecule has 0 aromatic carbocycles. The quantitative estimate of drug-likeness (QED) is 0.832. The predicted molar refractivity (Wildman–Crippen MR) is 69.3 cm³/mol. The van der Waals surface area contributed by atoms with Crippen LogP contribution >= 0.6 is 27.3 Å². The number of nitrogens with one attached hydrogen (secondary N) is 2. The summed E-state index contributed by atoms with van der Waals surface area (Å²) >= 11 is 5.33. The van der Waals surface area contributed by atoms with Crippen LogP contribution < -0.4 is 10.6 Å². The van der Waals surface area contributed by atoms with Gasteiger partial charge in [0.1, 0.15) is 0 Å². The highest BCUT2D eigenvalue weighted by molar-refractivity contribution is 9.10. The van der Waals surface area contributed by atoms with Gasteiger partial charge in [-0.1, -0.05) is 5.57 Å². The highest BCUT2D eigenvalue weighted by atomic mass is 79.9. The first kappa shape index (κ1) is 11.3. The Balaban J connectivity index is 1.78. The zero-order chi connectivity index (χ0) is 10.7. The van der Waals surface area contributed by atoms with Crippen molar-refractivity contribution in [2.24, 2.45) is 0 Å². The van der Waals surface area contributed by atoms with E-state index in [9.17, 15) is 0 Å². The lowest BCUT2D eigenvalue weighted by molar-refractivity contribution is 0.641. The van der Waals surface area contributed by atoms with Gasteiger partial charge in [0, 0.05) is 35.5 Å². The second kappa shape index (κ2) is 5.25. The third-order valence-corrected chi connectivity index (χ3v) is 4.57. The van der Waals surface area contributed by atoms with Gasteiger partial charge in [-0.2, -0.15) is 0 Å². The molecule has 4 heteroatoms. The maximum Gasteiger partial charge on any atom is 0.0327 e. The topological polar surface area (TPSA) is 24.1 Å². The molecule has 0 unspecified atom stereocenters. The Bertz CT molecular complexity index is 364. The van der Waals surface area contributed by atoms with Crippen LogP contribution in [-0.4, -0.2) is 19.6 Å². The molecule has 0 amide bonds. The van der Waals surface area contributed by atoms with Gasteiger partial charge in [0.2, 0.25) is 0 Å². The van der Waals surface area contributed by atoms with Crippen molar-refractivity contribution in [2.75, 3.05) is 19.6 Å². The van der Waals surface area contributed by atoms with E-state index in [1.165, 1.54) is 14.9 Å². The highest BCUT2D eigenvalue weighted by Crippen LogP contribution is 2.22. The van der Waals surface area contributed by atoms with Gasteiger partial charge in [-0.15, -0.1) is 11.3 Å². The lowest BCUT2D eigenvalue weighted by Crippen LogP contribution is -2.36. The minimum atomic E-state index is 0.955. The molecule has 1 saturated heterocycles. The Labute approximate surface area is 103 Å². The minimum absolute atomic E-state index is 0.955. The van der Waals surface area contributed by atoms with E-state index in [4.69, 9.17) is 0 Å². The van der Waals surface area contributed by atoms with Crippen LogP contribution in [-0.2, 0) is 6.54 Å². The van der Waals surface area contributed by atoms with Crippen molar-refractivity contribution < 1.29 is 0 Å². The molecule has 15 heavy (non-hydrogen) atoms. The van der Waals surface area contributed by atoms with Gasteiger partial charge in [0.15, 0.2) is 0 Å². The summed E-state index contributed by atoms with van der Waals surface area (Å²) < 4.78 is 1.22. The Morgan fingerprint density at radius 2 is 2.40 bits per heavy atom. The molecule has 0 radical (unpaired) electrons. The summed E-state index contributed by atoms with van der Waals surface area (Å²) in [6, 6.07) is 2.10. The van der Waals surface area contributed by atoms with Crippen molar-refractivity contribution in [1.29, 1.82) is 0 Å². The number of hydrogen-bond donors (Lipinski definition) is 2. The predicted octanol–water partition coefficient (Wildman–Crippen LogP) is 2.52. The molecule has 1 aliphatic rings. The van der Waals surface area contributed by atoms with Gasteiger partial charge in [-0.25, -0.2) is 0 Å². The number of hydrogen-bond acceptors (Lipinski definition) is 3. The fraction of sp³-hybridized carbons (Fsp3) is 0.455. The van der Waals surface area contributed by atoms with Crippen molar-refractivity contribution in [2.45, 2.75) is 13.5 Å². The second-order valence-electron chi connectivity index (χ2n) is 3.78. The molecule has 0 saturated carbocycles. The van der Waals surface area contributed by atoms with E-state index < -0.39 is 0 Å². The molecule has 0 aliphatic carbocycles. The lowest BCUT2D eigenvalue weighted by Gasteiger charge is -2.22. The zero-order valence-electron chi connectivity index (χ0n) is 8.77. The summed E-state index contributed by atoms with van der Waals surface area (Å²) in [6.07, 6.45) is 0. The summed E-state index contributed by atoms with van der Waals surface area (Å²) in [7, 11) is 0. The molecule has 1 aliphatic heterocycles. The van der Waals surface area contributed by atoms with Gasteiger partial charge >= 0.3 is 0 Å². The van der Waals surface area contributed by atoms with Crippen molar-refractivity contribution in [1.82, 2.24) is 10.6 Å². The van der Waals surface area contributed by atoms with Crippen LogP contribution in [0.3, 0.4) is 0 Å². The fourth-order valence-electron chi connectivity index (χ4n) is 1.49. The fourth-order valence-corrected chi connectivity index (χ4v) is 2.95. The SMILES string of the molecule is CC(CNCc1sccc1Br)=C1CNC1. The maximum atomic E-state index is 3.54. The lowest BCUT2D eigenvalue weighted by atomic mass is 10.0. The molecule has 1 aromatic rings. The number of rotatable bonds is 4. The van der Waals surface area contributed by atoms with Crippen LogP contribution in [0.1, 0.15) is 11.8 Å². The summed E-state index contributed by atoms with van der Waals surface area (Å²) in [5.74, 6) is 0. The van der Waals surface area contributed by atoms with Gasteiger partial charge in [0.05, 0.1) is 0 Å². The van der Waals surface area contributed by atoms with Crippen LogP contribution in [0.4, 0.5) is 0 Å². The van der Waals surface area contributed by atoms with Crippen molar-refractivity contribution >= 4 is 27.3 Å². The first-order chi connectivity index (χ1) is 7.27. The van der Waals surface area contributed by atoms with Gasteiger partial charge in [0.25, 0.3) is 0 Å². The van der Waals surface area contributed by atoms with Crippen LogP contribution in [0.5, 0.6) is 0 Å². The Kier molecular flexibility index (Phi) is 3.97. The molecule has 0 spiro atoms. The van der Waals surface area contributed by atoms with E-state index in [0.29, 0.717) is 0 Å².